The fourth-order valence-corrected chi connectivity index (χ4v) is 2.12. The van der Waals surface area contributed by atoms with Crippen LogP contribution in [0.25, 0.3) is 0 Å². The van der Waals surface area contributed by atoms with Crippen molar-refractivity contribution in [2.45, 2.75) is 6.54 Å². The second-order valence-electron chi connectivity index (χ2n) is 4.44. The number of carbonyl (C=O) groups is 1. The van der Waals surface area contributed by atoms with Crippen LogP contribution in [0.3, 0.4) is 0 Å². The van der Waals surface area contributed by atoms with Crippen LogP contribution in [0.2, 0.25) is 0 Å². The van der Waals surface area contributed by atoms with Crippen molar-refractivity contribution in [3.05, 3.63) is 53.6 Å². The number of benzene rings is 2. The molecule has 102 valence electrons. The van der Waals surface area contributed by atoms with Crippen molar-refractivity contribution in [1.82, 2.24) is 0 Å². The third-order valence-corrected chi connectivity index (χ3v) is 3.14. The average molecular weight is 270 g/mol. The number of carbonyl (C=O) groups excluding carboxylic acids is 1. The summed E-state index contributed by atoms with van der Waals surface area (Å²) in [5.74, 6) is 1.04. The van der Waals surface area contributed by atoms with Crippen LogP contribution >= 0.6 is 0 Å². The third-order valence-electron chi connectivity index (χ3n) is 3.14. The van der Waals surface area contributed by atoms with Crippen LogP contribution in [-0.4, -0.2) is 12.7 Å². The van der Waals surface area contributed by atoms with E-state index in [1.165, 1.54) is 0 Å². The molecule has 0 unspecified atom stereocenters. The minimum absolute atomic E-state index is 0.253. The Morgan fingerprint density at radius 2 is 1.95 bits per heavy atom. The Balaban J connectivity index is 1.75. The molecule has 3 rings (SSSR count). The summed E-state index contributed by atoms with van der Waals surface area (Å²) in [6, 6.07) is 12.9. The molecule has 1 aliphatic heterocycles. The molecule has 1 heterocycles. The Hall–Kier alpha value is -2.69. The first-order chi connectivity index (χ1) is 9.74. The zero-order chi connectivity index (χ0) is 13.9. The van der Waals surface area contributed by atoms with Crippen molar-refractivity contribution in [3.63, 3.8) is 0 Å². The first kappa shape index (κ1) is 12.3. The van der Waals surface area contributed by atoms with Gasteiger partial charge in [-0.05, 0) is 23.8 Å². The Kier molecular flexibility index (Phi) is 3.16. The van der Waals surface area contributed by atoms with E-state index < -0.39 is 5.91 Å². The van der Waals surface area contributed by atoms with Crippen LogP contribution in [0.1, 0.15) is 15.9 Å². The Bertz CT molecular complexity index is 655. The standard InChI is InChI=1S/C15H14N2O3/c16-15(18)12-4-2-1-3-10(12)8-17-11-5-6-13-14(7-11)20-9-19-13/h1-7,17H,8-9H2,(H2,16,18). The van der Waals surface area contributed by atoms with Crippen LogP contribution in [0.5, 0.6) is 11.5 Å². The minimum atomic E-state index is -0.423. The zero-order valence-electron chi connectivity index (χ0n) is 10.8. The number of primary amides is 1. The van der Waals surface area contributed by atoms with Gasteiger partial charge in [0.2, 0.25) is 12.7 Å². The molecule has 0 aliphatic carbocycles. The Labute approximate surface area is 116 Å². The summed E-state index contributed by atoms with van der Waals surface area (Å²) in [5, 5.41) is 3.24. The number of fused-ring (bicyclic) bond motifs is 1. The predicted octanol–water partition coefficient (Wildman–Crippen LogP) is 2.13. The molecule has 0 fully saturated rings. The topological polar surface area (TPSA) is 73.6 Å². The van der Waals surface area contributed by atoms with Crippen molar-refractivity contribution in [2.75, 3.05) is 12.1 Å². The van der Waals surface area contributed by atoms with Gasteiger partial charge in [-0.25, -0.2) is 0 Å². The van der Waals surface area contributed by atoms with Gasteiger partial charge >= 0.3 is 0 Å². The number of hydrogen-bond acceptors (Lipinski definition) is 4. The van der Waals surface area contributed by atoms with Crippen LogP contribution in [0, 0.1) is 0 Å². The highest BCUT2D eigenvalue weighted by molar-refractivity contribution is 5.94. The monoisotopic (exact) mass is 270 g/mol. The second kappa shape index (κ2) is 5.13. The van der Waals surface area contributed by atoms with E-state index in [0.29, 0.717) is 12.1 Å². The number of anilines is 1. The predicted molar refractivity (Wildman–Crippen MR) is 74.9 cm³/mol. The van der Waals surface area contributed by atoms with E-state index in [-0.39, 0.29) is 6.79 Å². The smallest absolute Gasteiger partial charge is 0.249 e. The van der Waals surface area contributed by atoms with E-state index in [2.05, 4.69) is 5.32 Å². The van der Waals surface area contributed by atoms with Crippen molar-refractivity contribution in [3.8, 4) is 11.5 Å². The lowest BCUT2D eigenvalue weighted by Crippen LogP contribution is -2.15. The van der Waals surface area contributed by atoms with E-state index in [1.807, 2.05) is 30.3 Å². The molecular weight excluding hydrogens is 256 g/mol. The molecule has 2 aromatic carbocycles. The third kappa shape index (κ3) is 2.38. The fourth-order valence-electron chi connectivity index (χ4n) is 2.12. The SMILES string of the molecule is NC(=O)c1ccccc1CNc1ccc2c(c1)OCO2. The van der Waals surface area contributed by atoms with E-state index in [4.69, 9.17) is 15.2 Å². The van der Waals surface area contributed by atoms with Gasteiger partial charge in [-0.3, -0.25) is 4.79 Å². The molecule has 3 N–H and O–H groups in total. The number of amides is 1. The maximum absolute atomic E-state index is 11.3. The highest BCUT2D eigenvalue weighted by atomic mass is 16.7. The lowest BCUT2D eigenvalue weighted by Gasteiger charge is -2.10. The number of rotatable bonds is 4. The zero-order valence-corrected chi connectivity index (χ0v) is 10.8. The van der Waals surface area contributed by atoms with Gasteiger partial charge in [0.15, 0.2) is 11.5 Å². The largest absolute Gasteiger partial charge is 0.454 e. The first-order valence-corrected chi connectivity index (χ1v) is 6.25. The quantitative estimate of drug-likeness (QED) is 0.892. The summed E-state index contributed by atoms with van der Waals surface area (Å²) in [4.78, 5) is 11.3. The molecule has 1 amide bonds. The van der Waals surface area contributed by atoms with Gasteiger partial charge in [-0.1, -0.05) is 18.2 Å². The summed E-state index contributed by atoms with van der Waals surface area (Å²) in [6.07, 6.45) is 0. The van der Waals surface area contributed by atoms with Crippen molar-refractivity contribution in [2.24, 2.45) is 5.73 Å². The van der Waals surface area contributed by atoms with Crippen LogP contribution in [0.15, 0.2) is 42.5 Å². The van der Waals surface area contributed by atoms with Gasteiger partial charge in [-0.2, -0.15) is 0 Å². The summed E-state index contributed by atoms with van der Waals surface area (Å²) >= 11 is 0. The summed E-state index contributed by atoms with van der Waals surface area (Å²) in [7, 11) is 0. The van der Waals surface area contributed by atoms with Gasteiger partial charge in [0.1, 0.15) is 0 Å². The molecule has 5 heteroatoms. The molecule has 0 aromatic heterocycles. The molecule has 1 aliphatic rings. The lowest BCUT2D eigenvalue weighted by atomic mass is 10.1. The van der Waals surface area contributed by atoms with Gasteiger partial charge in [0, 0.05) is 23.9 Å². The molecule has 0 saturated carbocycles. The minimum Gasteiger partial charge on any atom is -0.454 e. The maximum Gasteiger partial charge on any atom is 0.249 e. The normalized spacial score (nSPS) is 12.2. The molecule has 0 radical (unpaired) electrons. The van der Waals surface area contributed by atoms with Gasteiger partial charge in [0.25, 0.3) is 0 Å². The van der Waals surface area contributed by atoms with E-state index in [1.54, 1.807) is 12.1 Å². The summed E-state index contributed by atoms with van der Waals surface area (Å²) < 4.78 is 10.6. The fraction of sp³-hybridized carbons (Fsp3) is 0.133. The van der Waals surface area contributed by atoms with Crippen LogP contribution in [0.4, 0.5) is 5.69 Å². The van der Waals surface area contributed by atoms with Crippen LogP contribution < -0.4 is 20.5 Å². The number of ether oxygens (including phenoxy) is 2. The molecule has 20 heavy (non-hydrogen) atoms. The molecule has 2 aromatic rings. The number of hydrogen-bond donors (Lipinski definition) is 2. The highest BCUT2D eigenvalue weighted by Gasteiger charge is 2.13. The van der Waals surface area contributed by atoms with Gasteiger partial charge < -0.3 is 20.5 Å². The molecular formula is C15H14N2O3. The average Bonchev–Trinajstić information content (AvgIpc) is 2.92. The van der Waals surface area contributed by atoms with Crippen LogP contribution in [-0.2, 0) is 6.54 Å². The molecule has 0 atom stereocenters. The van der Waals surface area contributed by atoms with E-state index in [9.17, 15) is 4.79 Å². The number of nitrogens with two attached hydrogens (primary N) is 1. The molecule has 5 nitrogen and oxygen atoms in total. The molecule has 0 saturated heterocycles. The van der Waals surface area contributed by atoms with Crippen molar-refractivity contribution in [1.29, 1.82) is 0 Å². The first-order valence-electron chi connectivity index (χ1n) is 6.25. The Morgan fingerprint density at radius 3 is 2.80 bits per heavy atom. The highest BCUT2D eigenvalue weighted by Crippen LogP contribution is 2.34. The lowest BCUT2D eigenvalue weighted by molar-refractivity contribution is 0.0999. The maximum atomic E-state index is 11.3. The van der Waals surface area contributed by atoms with E-state index >= 15 is 0 Å². The van der Waals surface area contributed by atoms with Gasteiger partial charge in [-0.15, -0.1) is 0 Å². The van der Waals surface area contributed by atoms with Crippen molar-refractivity contribution < 1.29 is 14.3 Å². The van der Waals surface area contributed by atoms with Gasteiger partial charge in [0.05, 0.1) is 0 Å². The summed E-state index contributed by atoms with van der Waals surface area (Å²) in [5.41, 5.74) is 7.64. The molecule has 0 spiro atoms. The second-order valence-corrected chi connectivity index (χ2v) is 4.44. The van der Waals surface area contributed by atoms with Crippen molar-refractivity contribution >= 4 is 11.6 Å². The van der Waals surface area contributed by atoms with E-state index in [0.717, 1.165) is 22.7 Å². The summed E-state index contributed by atoms with van der Waals surface area (Å²) in [6.45, 7) is 0.766. The Morgan fingerprint density at radius 1 is 1.15 bits per heavy atom. The molecule has 0 bridgehead atoms. The number of nitrogens with one attached hydrogen (secondary N) is 1.